The van der Waals surface area contributed by atoms with Gasteiger partial charge in [0.25, 0.3) is 0 Å². The molecule has 1 heterocycles. The molecule has 0 bridgehead atoms. The van der Waals surface area contributed by atoms with Crippen molar-refractivity contribution in [2.45, 2.75) is 31.1 Å². The first kappa shape index (κ1) is 14.3. The largest absolute Gasteiger partial charge is 0.312 e. The van der Waals surface area contributed by atoms with Crippen LogP contribution in [-0.2, 0) is 10.0 Å². The minimum absolute atomic E-state index is 0.188. The summed E-state index contributed by atoms with van der Waals surface area (Å²) in [6.07, 6.45) is 2.39. The fourth-order valence-corrected chi connectivity index (χ4v) is 3.66. The van der Waals surface area contributed by atoms with Gasteiger partial charge in [0, 0.05) is 31.9 Å². The SMILES string of the molecule is CC1SCCCC1NCCS(=O)(=O)N(C)C. The van der Waals surface area contributed by atoms with E-state index in [0.717, 1.165) is 6.42 Å². The molecule has 1 saturated heterocycles. The summed E-state index contributed by atoms with van der Waals surface area (Å²) in [5.41, 5.74) is 0. The van der Waals surface area contributed by atoms with E-state index in [9.17, 15) is 8.42 Å². The molecule has 2 unspecified atom stereocenters. The molecule has 4 nitrogen and oxygen atoms in total. The number of thioether (sulfide) groups is 1. The molecule has 0 radical (unpaired) electrons. The average Bonchev–Trinajstić information content (AvgIpc) is 2.20. The minimum Gasteiger partial charge on any atom is -0.312 e. The number of hydrogen-bond acceptors (Lipinski definition) is 4. The molecule has 16 heavy (non-hydrogen) atoms. The predicted molar refractivity (Wildman–Crippen MR) is 70.4 cm³/mol. The van der Waals surface area contributed by atoms with E-state index in [1.165, 1.54) is 16.5 Å². The van der Waals surface area contributed by atoms with Crippen LogP contribution in [0.4, 0.5) is 0 Å². The summed E-state index contributed by atoms with van der Waals surface area (Å²) >= 11 is 1.97. The van der Waals surface area contributed by atoms with Crippen LogP contribution in [0, 0.1) is 0 Å². The Morgan fingerprint density at radius 1 is 1.44 bits per heavy atom. The highest BCUT2D eigenvalue weighted by Crippen LogP contribution is 2.24. The number of sulfonamides is 1. The molecule has 1 N–H and O–H groups in total. The van der Waals surface area contributed by atoms with Gasteiger partial charge in [-0.15, -0.1) is 0 Å². The Hall–Kier alpha value is 0.220. The van der Waals surface area contributed by atoms with E-state index in [2.05, 4.69) is 12.2 Å². The molecular weight excluding hydrogens is 244 g/mol. The van der Waals surface area contributed by atoms with Crippen LogP contribution in [0.5, 0.6) is 0 Å². The lowest BCUT2D eigenvalue weighted by Gasteiger charge is -2.29. The number of hydrogen-bond donors (Lipinski definition) is 1. The molecule has 6 heteroatoms. The maximum absolute atomic E-state index is 11.5. The standard InChI is InChI=1S/C10H22N2O2S2/c1-9-10(5-4-7-15-9)11-6-8-16(13,14)12(2)3/h9-11H,4-8H2,1-3H3. The van der Waals surface area contributed by atoms with Gasteiger partial charge in [-0.3, -0.25) is 0 Å². The Labute approximate surface area is 103 Å². The molecule has 96 valence electrons. The average molecular weight is 266 g/mol. The van der Waals surface area contributed by atoms with Gasteiger partial charge in [0.1, 0.15) is 0 Å². The normalized spacial score (nSPS) is 27.2. The van der Waals surface area contributed by atoms with E-state index in [1.54, 1.807) is 14.1 Å². The zero-order chi connectivity index (χ0) is 12.2. The van der Waals surface area contributed by atoms with Gasteiger partial charge in [0.05, 0.1) is 5.75 Å². The lowest BCUT2D eigenvalue weighted by molar-refractivity contribution is 0.468. The smallest absolute Gasteiger partial charge is 0.214 e. The van der Waals surface area contributed by atoms with Crippen molar-refractivity contribution in [3.05, 3.63) is 0 Å². The second-order valence-corrected chi connectivity index (χ2v) is 8.16. The fourth-order valence-electron chi connectivity index (χ4n) is 1.75. The van der Waals surface area contributed by atoms with Crippen LogP contribution in [0.25, 0.3) is 0 Å². The predicted octanol–water partition coefficient (Wildman–Crippen LogP) is 0.752. The number of nitrogens with zero attached hydrogens (tertiary/aromatic N) is 1. The molecule has 0 aromatic carbocycles. The highest BCUT2D eigenvalue weighted by Gasteiger charge is 2.22. The molecule has 0 spiro atoms. The molecule has 0 saturated carbocycles. The van der Waals surface area contributed by atoms with Crippen LogP contribution in [-0.4, -0.2) is 56.2 Å². The summed E-state index contributed by atoms with van der Waals surface area (Å²) in [4.78, 5) is 0. The van der Waals surface area contributed by atoms with Gasteiger partial charge in [-0.25, -0.2) is 12.7 Å². The van der Waals surface area contributed by atoms with Crippen molar-refractivity contribution in [1.29, 1.82) is 0 Å². The second-order valence-electron chi connectivity index (χ2n) is 4.38. The van der Waals surface area contributed by atoms with Crippen molar-refractivity contribution in [2.24, 2.45) is 0 Å². The Morgan fingerprint density at radius 2 is 2.12 bits per heavy atom. The van der Waals surface area contributed by atoms with Crippen molar-refractivity contribution < 1.29 is 8.42 Å². The van der Waals surface area contributed by atoms with Gasteiger partial charge in [0.15, 0.2) is 0 Å². The molecule has 1 aliphatic rings. The molecule has 2 atom stereocenters. The van der Waals surface area contributed by atoms with E-state index in [4.69, 9.17) is 0 Å². The van der Waals surface area contributed by atoms with E-state index >= 15 is 0 Å². The molecular formula is C10H22N2O2S2. The molecule has 0 aliphatic carbocycles. The van der Waals surface area contributed by atoms with Crippen LogP contribution < -0.4 is 5.32 Å². The maximum atomic E-state index is 11.5. The van der Waals surface area contributed by atoms with E-state index in [0.29, 0.717) is 17.8 Å². The fraction of sp³-hybridized carbons (Fsp3) is 1.00. The van der Waals surface area contributed by atoms with Crippen molar-refractivity contribution in [2.75, 3.05) is 32.1 Å². The third-order valence-electron chi connectivity index (χ3n) is 2.93. The summed E-state index contributed by atoms with van der Waals surface area (Å²) < 4.78 is 24.4. The molecule has 1 fully saturated rings. The van der Waals surface area contributed by atoms with E-state index in [1.807, 2.05) is 11.8 Å². The summed E-state index contributed by atoms with van der Waals surface area (Å²) in [7, 11) is 0.103. The van der Waals surface area contributed by atoms with Crippen molar-refractivity contribution in [3.8, 4) is 0 Å². The van der Waals surface area contributed by atoms with Crippen LogP contribution in [0.2, 0.25) is 0 Å². The summed E-state index contributed by atoms with van der Waals surface area (Å²) in [6.45, 7) is 2.76. The van der Waals surface area contributed by atoms with E-state index in [-0.39, 0.29) is 5.75 Å². The summed E-state index contributed by atoms with van der Waals surface area (Å²) in [5, 5.41) is 3.95. The monoisotopic (exact) mass is 266 g/mol. The molecule has 1 rings (SSSR count). The van der Waals surface area contributed by atoms with Crippen molar-refractivity contribution in [1.82, 2.24) is 9.62 Å². The van der Waals surface area contributed by atoms with Gasteiger partial charge in [-0.05, 0) is 18.6 Å². The molecule has 1 aliphatic heterocycles. The van der Waals surface area contributed by atoms with Crippen molar-refractivity contribution in [3.63, 3.8) is 0 Å². The quantitative estimate of drug-likeness (QED) is 0.798. The lowest BCUT2D eigenvalue weighted by Crippen LogP contribution is -2.42. The highest BCUT2D eigenvalue weighted by molar-refractivity contribution is 7.99. The number of nitrogens with one attached hydrogen (secondary N) is 1. The maximum Gasteiger partial charge on any atom is 0.214 e. The third-order valence-corrected chi connectivity index (χ3v) is 6.14. The Bertz CT molecular complexity index is 304. The van der Waals surface area contributed by atoms with Crippen LogP contribution >= 0.6 is 11.8 Å². The first-order valence-electron chi connectivity index (χ1n) is 5.68. The zero-order valence-corrected chi connectivity index (χ0v) is 11.9. The lowest BCUT2D eigenvalue weighted by atomic mass is 10.1. The van der Waals surface area contributed by atoms with Crippen LogP contribution in [0.3, 0.4) is 0 Å². The number of rotatable bonds is 5. The highest BCUT2D eigenvalue weighted by atomic mass is 32.2. The third kappa shape index (κ3) is 4.24. The first-order valence-corrected chi connectivity index (χ1v) is 8.34. The second kappa shape index (κ2) is 6.23. The van der Waals surface area contributed by atoms with Crippen LogP contribution in [0.15, 0.2) is 0 Å². The zero-order valence-electron chi connectivity index (χ0n) is 10.3. The van der Waals surface area contributed by atoms with Gasteiger partial charge in [-0.2, -0.15) is 11.8 Å². The molecule has 0 aromatic heterocycles. The van der Waals surface area contributed by atoms with Gasteiger partial charge in [0.2, 0.25) is 10.0 Å². The van der Waals surface area contributed by atoms with Gasteiger partial charge >= 0.3 is 0 Å². The Balaban J connectivity index is 2.30. The van der Waals surface area contributed by atoms with Gasteiger partial charge in [-0.1, -0.05) is 6.92 Å². The van der Waals surface area contributed by atoms with Crippen molar-refractivity contribution >= 4 is 21.8 Å². The first-order chi connectivity index (χ1) is 7.43. The minimum atomic E-state index is -3.05. The summed E-state index contributed by atoms with van der Waals surface area (Å²) in [5.74, 6) is 1.42. The molecule has 0 aromatic rings. The topological polar surface area (TPSA) is 49.4 Å². The Morgan fingerprint density at radius 3 is 2.69 bits per heavy atom. The summed E-state index contributed by atoms with van der Waals surface area (Å²) in [6, 6.07) is 0.469. The van der Waals surface area contributed by atoms with Gasteiger partial charge < -0.3 is 5.32 Å². The van der Waals surface area contributed by atoms with Crippen LogP contribution in [0.1, 0.15) is 19.8 Å². The molecule has 0 amide bonds. The Kier molecular flexibility index (Phi) is 5.56. The van der Waals surface area contributed by atoms with E-state index < -0.39 is 10.0 Å².